The molecule has 0 aliphatic carbocycles. The van der Waals surface area contributed by atoms with Crippen LogP contribution in [0.2, 0.25) is 0 Å². The number of nitrogens with zero attached hydrogens (tertiary/aromatic N) is 2. The number of hydrogen-bond acceptors (Lipinski definition) is 5. The van der Waals surface area contributed by atoms with Crippen molar-refractivity contribution < 1.29 is 13.2 Å². The molecule has 0 unspecified atom stereocenters. The molecule has 0 fully saturated rings. The molecule has 8 heteroatoms. The van der Waals surface area contributed by atoms with Gasteiger partial charge in [0.1, 0.15) is 0 Å². The minimum atomic E-state index is -3.64. The van der Waals surface area contributed by atoms with Gasteiger partial charge in [-0.1, -0.05) is 13.8 Å². The Hall–Kier alpha value is -0.960. The standard InChI is InChI=1S/C12H24N4O3S/c1-4-11(5-2)16(6-7-19-3)20(17,18)12-10(8-13)9-14-15-12/h9,11H,4-8,13H2,1-3H3,(H,14,15). The molecule has 1 aromatic rings. The second-order valence-electron chi connectivity index (χ2n) is 4.51. The van der Waals surface area contributed by atoms with E-state index in [9.17, 15) is 8.42 Å². The van der Waals surface area contributed by atoms with Crippen LogP contribution in [0.1, 0.15) is 32.3 Å². The zero-order valence-electron chi connectivity index (χ0n) is 12.3. The van der Waals surface area contributed by atoms with Crippen LogP contribution in [-0.2, 0) is 21.3 Å². The van der Waals surface area contributed by atoms with Gasteiger partial charge in [0.05, 0.1) is 12.8 Å². The summed E-state index contributed by atoms with van der Waals surface area (Å²) >= 11 is 0. The molecule has 1 rings (SSSR count). The lowest BCUT2D eigenvalue weighted by molar-refractivity contribution is 0.163. The normalized spacial score (nSPS) is 12.5. The molecule has 1 heterocycles. The van der Waals surface area contributed by atoms with Crippen LogP contribution in [0.4, 0.5) is 0 Å². The zero-order valence-corrected chi connectivity index (χ0v) is 13.1. The predicted molar refractivity (Wildman–Crippen MR) is 76.6 cm³/mol. The molecule has 1 aromatic heterocycles. The minimum absolute atomic E-state index is 0.0657. The number of ether oxygens (including phenoxy) is 1. The van der Waals surface area contributed by atoms with Crippen LogP contribution in [0.5, 0.6) is 0 Å². The number of nitrogens with two attached hydrogens (primary N) is 1. The Morgan fingerprint density at radius 2 is 2.10 bits per heavy atom. The molecule has 0 amide bonds. The van der Waals surface area contributed by atoms with E-state index in [1.165, 1.54) is 10.5 Å². The summed E-state index contributed by atoms with van der Waals surface area (Å²) in [7, 11) is -2.09. The number of methoxy groups -OCH3 is 1. The maximum atomic E-state index is 12.8. The number of H-pyrrole nitrogens is 1. The fourth-order valence-electron chi connectivity index (χ4n) is 2.16. The number of aromatic amines is 1. The largest absolute Gasteiger partial charge is 0.383 e. The molecule has 0 spiro atoms. The molecule has 0 bridgehead atoms. The molecule has 0 aromatic carbocycles. The van der Waals surface area contributed by atoms with E-state index >= 15 is 0 Å². The third-order valence-corrected chi connectivity index (χ3v) is 5.30. The Bertz CT molecular complexity index is 497. The summed E-state index contributed by atoms with van der Waals surface area (Å²) < 4.78 is 32.1. The summed E-state index contributed by atoms with van der Waals surface area (Å²) in [6.07, 6.45) is 2.94. The third-order valence-electron chi connectivity index (χ3n) is 3.33. The average molecular weight is 304 g/mol. The van der Waals surface area contributed by atoms with E-state index in [1.807, 2.05) is 13.8 Å². The third kappa shape index (κ3) is 3.57. The van der Waals surface area contributed by atoms with Gasteiger partial charge in [-0.2, -0.15) is 9.40 Å². The van der Waals surface area contributed by atoms with E-state index in [0.29, 0.717) is 18.7 Å². The number of hydrogen-bond donors (Lipinski definition) is 2. The summed E-state index contributed by atoms with van der Waals surface area (Å²) in [4.78, 5) is 0. The first-order valence-corrected chi connectivity index (χ1v) is 8.19. The molecule has 7 nitrogen and oxygen atoms in total. The van der Waals surface area contributed by atoms with Gasteiger partial charge < -0.3 is 10.5 Å². The smallest absolute Gasteiger partial charge is 0.260 e. The van der Waals surface area contributed by atoms with Gasteiger partial charge in [0.25, 0.3) is 10.0 Å². The quantitative estimate of drug-likeness (QED) is 0.699. The van der Waals surface area contributed by atoms with Crippen molar-refractivity contribution in [1.82, 2.24) is 14.5 Å². The first-order chi connectivity index (χ1) is 9.52. The van der Waals surface area contributed by atoms with Crippen LogP contribution in [0.3, 0.4) is 0 Å². The van der Waals surface area contributed by atoms with Crippen molar-refractivity contribution in [2.45, 2.75) is 44.3 Å². The van der Waals surface area contributed by atoms with Gasteiger partial charge in [0, 0.05) is 31.8 Å². The number of sulfonamides is 1. The molecule has 0 saturated heterocycles. The first kappa shape index (κ1) is 17.1. The average Bonchev–Trinajstić information content (AvgIpc) is 2.92. The van der Waals surface area contributed by atoms with Crippen LogP contribution < -0.4 is 5.73 Å². The van der Waals surface area contributed by atoms with Crippen molar-refractivity contribution >= 4 is 10.0 Å². The van der Waals surface area contributed by atoms with Crippen molar-refractivity contribution in [2.75, 3.05) is 20.3 Å². The molecule has 0 aliphatic heterocycles. The van der Waals surface area contributed by atoms with Crippen molar-refractivity contribution in [2.24, 2.45) is 5.73 Å². The van der Waals surface area contributed by atoms with Crippen LogP contribution >= 0.6 is 0 Å². The Balaban J connectivity index is 3.16. The molecule has 0 radical (unpaired) electrons. The molecule has 20 heavy (non-hydrogen) atoms. The molecule has 0 atom stereocenters. The summed E-state index contributed by atoms with van der Waals surface area (Å²) in [6.45, 7) is 4.74. The monoisotopic (exact) mass is 304 g/mol. The zero-order chi connectivity index (χ0) is 15.2. The fraction of sp³-hybridized carbons (Fsp3) is 0.750. The molecule has 3 N–H and O–H groups in total. The van der Waals surface area contributed by atoms with Gasteiger partial charge in [0.2, 0.25) is 0 Å². The van der Waals surface area contributed by atoms with E-state index in [0.717, 1.165) is 12.8 Å². The number of nitrogens with one attached hydrogen (secondary N) is 1. The second kappa shape index (κ2) is 7.72. The lowest BCUT2D eigenvalue weighted by Gasteiger charge is -2.29. The lowest BCUT2D eigenvalue weighted by Crippen LogP contribution is -2.42. The summed E-state index contributed by atoms with van der Waals surface area (Å²) in [5, 5.41) is 6.43. The summed E-state index contributed by atoms with van der Waals surface area (Å²) in [5.74, 6) is 0. The van der Waals surface area contributed by atoms with Gasteiger partial charge in [-0.3, -0.25) is 5.10 Å². The van der Waals surface area contributed by atoms with Gasteiger partial charge in [-0.05, 0) is 12.8 Å². The summed E-state index contributed by atoms with van der Waals surface area (Å²) in [6, 6.07) is -0.0657. The van der Waals surface area contributed by atoms with E-state index in [4.69, 9.17) is 10.5 Å². The van der Waals surface area contributed by atoms with Crippen molar-refractivity contribution in [3.63, 3.8) is 0 Å². The number of rotatable bonds is 9. The number of aromatic nitrogens is 2. The fourth-order valence-corrected chi connectivity index (χ4v) is 4.04. The molecular formula is C12H24N4O3S. The van der Waals surface area contributed by atoms with E-state index in [1.54, 1.807) is 7.11 Å². The minimum Gasteiger partial charge on any atom is -0.383 e. The van der Waals surface area contributed by atoms with Crippen LogP contribution in [-0.4, -0.2) is 49.2 Å². The van der Waals surface area contributed by atoms with Crippen LogP contribution in [0, 0.1) is 0 Å². The Labute approximate surface area is 120 Å². The molecule has 0 aliphatic rings. The maximum Gasteiger partial charge on any atom is 0.260 e. The molecule has 0 saturated carbocycles. The predicted octanol–water partition coefficient (Wildman–Crippen LogP) is 0.694. The molecular weight excluding hydrogens is 280 g/mol. The Morgan fingerprint density at radius 1 is 1.45 bits per heavy atom. The first-order valence-electron chi connectivity index (χ1n) is 6.75. The Morgan fingerprint density at radius 3 is 2.60 bits per heavy atom. The highest BCUT2D eigenvalue weighted by Gasteiger charge is 2.32. The van der Waals surface area contributed by atoms with Gasteiger partial charge in [-0.25, -0.2) is 8.42 Å². The Kier molecular flexibility index (Phi) is 6.60. The van der Waals surface area contributed by atoms with Crippen molar-refractivity contribution in [3.05, 3.63) is 11.8 Å². The van der Waals surface area contributed by atoms with E-state index < -0.39 is 10.0 Å². The van der Waals surface area contributed by atoms with Gasteiger partial charge >= 0.3 is 0 Å². The molecule has 116 valence electrons. The van der Waals surface area contributed by atoms with Crippen LogP contribution in [0.15, 0.2) is 11.2 Å². The van der Waals surface area contributed by atoms with Gasteiger partial charge in [-0.15, -0.1) is 0 Å². The highest BCUT2D eigenvalue weighted by atomic mass is 32.2. The van der Waals surface area contributed by atoms with Gasteiger partial charge in [0.15, 0.2) is 5.03 Å². The maximum absolute atomic E-state index is 12.8. The van der Waals surface area contributed by atoms with Crippen molar-refractivity contribution in [1.29, 1.82) is 0 Å². The van der Waals surface area contributed by atoms with E-state index in [-0.39, 0.29) is 17.6 Å². The second-order valence-corrected chi connectivity index (χ2v) is 6.33. The van der Waals surface area contributed by atoms with Crippen LogP contribution in [0.25, 0.3) is 0 Å². The SMILES string of the molecule is CCC(CC)N(CCOC)S(=O)(=O)c1[nH]ncc1CN. The lowest BCUT2D eigenvalue weighted by atomic mass is 10.2. The highest BCUT2D eigenvalue weighted by Crippen LogP contribution is 2.22. The summed E-state index contributed by atoms with van der Waals surface area (Å²) in [5.41, 5.74) is 6.06. The van der Waals surface area contributed by atoms with Crippen molar-refractivity contribution in [3.8, 4) is 0 Å². The van der Waals surface area contributed by atoms with E-state index in [2.05, 4.69) is 10.2 Å². The topological polar surface area (TPSA) is 101 Å². The highest BCUT2D eigenvalue weighted by molar-refractivity contribution is 7.89.